The second kappa shape index (κ2) is 5.15. The third kappa shape index (κ3) is 3.66. The van der Waals surface area contributed by atoms with Gasteiger partial charge < -0.3 is 10.2 Å². The van der Waals surface area contributed by atoms with Crippen LogP contribution in [0.25, 0.3) is 0 Å². The molecule has 19 heavy (non-hydrogen) atoms. The molecule has 1 unspecified atom stereocenters. The molecular formula is C14H22N4O. The Hall–Kier alpha value is -1.65. The van der Waals surface area contributed by atoms with E-state index in [1.807, 2.05) is 33.8 Å². The van der Waals surface area contributed by atoms with E-state index in [9.17, 15) is 4.79 Å². The average Bonchev–Trinajstić information content (AvgIpc) is 2.75. The molecule has 0 bridgehead atoms. The van der Waals surface area contributed by atoms with E-state index >= 15 is 0 Å². The zero-order chi connectivity index (χ0) is 14.0. The van der Waals surface area contributed by atoms with Crippen LogP contribution in [0.3, 0.4) is 0 Å². The second-order valence-corrected chi connectivity index (χ2v) is 6.13. The van der Waals surface area contributed by atoms with E-state index in [0.29, 0.717) is 0 Å². The molecule has 1 N–H and O–H groups in total. The minimum absolute atomic E-state index is 0.0505. The monoisotopic (exact) mass is 262 g/mol. The van der Waals surface area contributed by atoms with Crippen LogP contribution in [0.2, 0.25) is 0 Å². The highest BCUT2D eigenvalue weighted by Crippen LogP contribution is 2.22. The van der Waals surface area contributed by atoms with Gasteiger partial charge in [0.1, 0.15) is 11.6 Å². The molecule has 1 fully saturated rings. The minimum atomic E-state index is -0.171. The van der Waals surface area contributed by atoms with Gasteiger partial charge in [-0.3, -0.25) is 4.79 Å². The molecule has 0 aliphatic carbocycles. The molecule has 1 aliphatic rings. The highest BCUT2D eigenvalue weighted by atomic mass is 16.2. The van der Waals surface area contributed by atoms with E-state index in [1.54, 1.807) is 6.20 Å². The zero-order valence-corrected chi connectivity index (χ0v) is 12.1. The molecule has 2 heterocycles. The standard InChI is InChI=1S/C14H22N4O/c1-10-15-7-5-12(16-10)18-8-6-11(9-18)13(19)17-14(2,3)4/h5,7,11H,6,8-9H2,1-4H3,(H,17,19). The molecule has 1 aliphatic heterocycles. The molecule has 0 aromatic carbocycles. The molecule has 0 saturated carbocycles. The molecule has 5 heteroatoms. The molecule has 1 amide bonds. The maximum absolute atomic E-state index is 12.1. The summed E-state index contributed by atoms with van der Waals surface area (Å²) in [5, 5.41) is 3.05. The number of nitrogens with zero attached hydrogens (tertiary/aromatic N) is 3. The van der Waals surface area contributed by atoms with Gasteiger partial charge in [-0.25, -0.2) is 9.97 Å². The smallest absolute Gasteiger partial charge is 0.225 e. The Labute approximate surface area is 114 Å². The van der Waals surface area contributed by atoms with Crippen molar-refractivity contribution in [1.29, 1.82) is 0 Å². The van der Waals surface area contributed by atoms with Gasteiger partial charge in [0.25, 0.3) is 0 Å². The number of hydrogen-bond acceptors (Lipinski definition) is 4. The normalized spacial score (nSPS) is 19.6. The molecule has 1 saturated heterocycles. The lowest BCUT2D eigenvalue weighted by molar-refractivity contribution is -0.125. The van der Waals surface area contributed by atoms with Crippen LogP contribution in [-0.4, -0.2) is 34.5 Å². The average molecular weight is 262 g/mol. The van der Waals surface area contributed by atoms with Crippen molar-refractivity contribution in [2.45, 2.75) is 39.7 Å². The number of aromatic nitrogens is 2. The van der Waals surface area contributed by atoms with Gasteiger partial charge in [-0.1, -0.05) is 0 Å². The van der Waals surface area contributed by atoms with Crippen LogP contribution in [0.15, 0.2) is 12.3 Å². The summed E-state index contributed by atoms with van der Waals surface area (Å²) >= 11 is 0. The first-order valence-electron chi connectivity index (χ1n) is 6.72. The summed E-state index contributed by atoms with van der Waals surface area (Å²) in [7, 11) is 0. The van der Waals surface area contributed by atoms with Crippen molar-refractivity contribution in [2.75, 3.05) is 18.0 Å². The van der Waals surface area contributed by atoms with E-state index in [2.05, 4.69) is 20.2 Å². The van der Waals surface area contributed by atoms with E-state index in [1.165, 1.54) is 0 Å². The Balaban J connectivity index is 1.98. The van der Waals surface area contributed by atoms with Crippen LogP contribution in [0, 0.1) is 12.8 Å². The van der Waals surface area contributed by atoms with Crippen molar-refractivity contribution in [3.05, 3.63) is 18.1 Å². The maximum atomic E-state index is 12.1. The Bertz CT molecular complexity index is 467. The summed E-state index contributed by atoms with van der Waals surface area (Å²) in [6.45, 7) is 9.50. The Morgan fingerprint density at radius 3 is 2.84 bits per heavy atom. The summed E-state index contributed by atoms with van der Waals surface area (Å²) in [4.78, 5) is 22.8. The van der Waals surface area contributed by atoms with Crippen LogP contribution in [0.5, 0.6) is 0 Å². The fraction of sp³-hybridized carbons (Fsp3) is 0.643. The summed E-state index contributed by atoms with van der Waals surface area (Å²) in [5.74, 6) is 1.87. The van der Waals surface area contributed by atoms with Crippen molar-refractivity contribution < 1.29 is 4.79 Å². The highest BCUT2D eigenvalue weighted by Gasteiger charge is 2.30. The van der Waals surface area contributed by atoms with E-state index in [4.69, 9.17) is 0 Å². The Morgan fingerprint density at radius 2 is 2.21 bits per heavy atom. The first-order chi connectivity index (χ1) is 8.85. The highest BCUT2D eigenvalue weighted by molar-refractivity contribution is 5.80. The van der Waals surface area contributed by atoms with Gasteiger partial charge in [0.05, 0.1) is 5.92 Å². The lowest BCUT2D eigenvalue weighted by atomic mass is 10.0. The van der Waals surface area contributed by atoms with Gasteiger partial charge in [0.2, 0.25) is 5.91 Å². The SMILES string of the molecule is Cc1nccc(N2CCC(C(=O)NC(C)(C)C)C2)n1. The summed E-state index contributed by atoms with van der Waals surface area (Å²) < 4.78 is 0. The number of rotatable bonds is 2. The topological polar surface area (TPSA) is 58.1 Å². The maximum Gasteiger partial charge on any atom is 0.225 e. The van der Waals surface area contributed by atoms with Gasteiger partial charge in [0.15, 0.2) is 0 Å². The van der Waals surface area contributed by atoms with E-state index < -0.39 is 0 Å². The van der Waals surface area contributed by atoms with Crippen LogP contribution in [0.1, 0.15) is 33.0 Å². The molecule has 0 radical (unpaired) electrons. The van der Waals surface area contributed by atoms with E-state index in [0.717, 1.165) is 31.2 Å². The molecule has 0 spiro atoms. The molecule has 1 atom stereocenters. The molecule has 1 aromatic rings. The van der Waals surface area contributed by atoms with Crippen molar-refractivity contribution >= 4 is 11.7 Å². The van der Waals surface area contributed by atoms with Crippen molar-refractivity contribution in [3.8, 4) is 0 Å². The lowest BCUT2D eigenvalue weighted by Crippen LogP contribution is -2.44. The first-order valence-corrected chi connectivity index (χ1v) is 6.72. The number of nitrogens with one attached hydrogen (secondary N) is 1. The Morgan fingerprint density at radius 1 is 1.47 bits per heavy atom. The van der Waals surface area contributed by atoms with Crippen molar-refractivity contribution in [3.63, 3.8) is 0 Å². The minimum Gasteiger partial charge on any atom is -0.356 e. The number of amides is 1. The molecule has 5 nitrogen and oxygen atoms in total. The van der Waals surface area contributed by atoms with Crippen LogP contribution in [-0.2, 0) is 4.79 Å². The van der Waals surface area contributed by atoms with Crippen LogP contribution in [0.4, 0.5) is 5.82 Å². The largest absolute Gasteiger partial charge is 0.356 e. The predicted octanol–water partition coefficient (Wildman–Crippen LogP) is 1.53. The summed E-state index contributed by atoms with van der Waals surface area (Å²) in [6, 6.07) is 1.90. The third-order valence-electron chi connectivity index (χ3n) is 3.14. The quantitative estimate of drug-likeness (QED) is 0.878. The number of carbonyl (C=O) groups is 1. The lowest BCUT2D eigenvalue weighted by Gasteiger charge is -2.23. The second-order valence-electron chi connectivity index (χ2n) is 6.13. The van der Waals surface area contributed by atoms with Crippen LogP contribution >= 0.6 is 0 Å². The predicted molar refractivity (Wildman–Crippen MR) is 75.0 cm³/mol. The van der Waals surface area contributed by atoms with Crippen molar-refractivity contribution in [1.82, 2.24) is 15.3 Å². The fourth-order valence-electron chi connectivity index (χ4n) is 2.27. The first kappa shape index (κ1) is 13.8. The number of anilines is 1. The Kier molecular flexibility index (Phi) is 3.73. The molecule has 104 valence electrons. The molecule has 1 aromatic heterocycles. The summed E-state index contributed by atoms with van der Waals surface area (Å²) in [6.07, 6.45) is 2.64. The summed E-state index contributed by atoms with van der Waals surface area (Å²) in [5.41, 5.74) is -0.171. The third-order valence-corrected chi connectivity index (χ3v) is 3.14. The van der Waals surface area contributed by atoms with Gasteiger partial charge in [-0.15, -0.1) is 0 Å². The zero-order valence-electron chi connectivity index (χ0n) is 12.1. The number of hydrogen-bond donors (Lipinski definition) is 1. The van der Waals surface area contributed by atoms with Crippen LogP contribution < -0.4 is 10.2 Å². The van der Waals surface area contributed by atoms with Gasteiger partial charge >= 0.3 is 0 Å². The molecular weight excluding hydrogens is 240 g/mol. The number of carbonyl (C=O) groups excluding carboxylic acids is 1. The molecule has 2 rings (SSSR count). The van der Waals surface area contributed by atoms with Gasteiger partial charge in [0, 0.05) is 24.8 Å². The number of aryl methyl sites for hydroxylation is 1. The van der Waals surface area contributed by atoms with Gasteiger partial charge in [-0.2, -0.15) is 0 Å². The van der Waals surface area contributed by atoms with Gasteiger partial charge in [-0.05, 0) is 40.2 Å². The fourth-order valence-corrected chi connectivity index (χ4v) is 2.27. The van der Waals surface area contributed by atoms with E-state index in [-0.39, 0.29) is 17.4 Å². The van der Waals surface area contributed by atoms with Crippen molar-refractivity contribution in [2.24, 2.45) is 5.92 Å².